The SMILES string of the molecule is O=C(O)[C@@H]1[C@H](C(=O)O)[C@H]2C3CC4[C@@H]([C@H]42)[C@H]31. The van der Waals surface area contributed by atoms with Crippen molar-refractivity contribution in [3.05, 3.63) is 0 Å². The lowest BCUT2D eigenvalue weighted by Crippen LogP contribution is -2.35. The van der Waals surface area contributed by atoms with E-state index in [2.05, 4.69) is 0 Å². The number of hydrogen-bond donors (Lipinski definition) is 2. The summed E-state index contributed by atoms with van der Waals surface area (Å²) in [6.07, 6.45) is 1.11. The van der Waals surface area contributed by atoms with Crippen LogP contribution in [0.4, 0.5) is 0 Å². The summed E-state index contributed by atoms with van der Waals surface area (Å²) in [4.78, 5) is 22.3. The van der Waals surface area contributed by atoms with Crippen molar-refractivity contribution in [3.8, 4) is 0 Å². The molecule has 0 spiro atoms. The van der Waals surface area contributed by atoms with Crippen LogP contribution in [0.15, 0.2) is 0 Å². The fraction of sp³-hybridized carbons (Fsp3) is 0.818. The minimum absolute atomic E-state index is 0.198. The average molecular weight is 208 g/mol. The standard InChI is InChI=1S/C11H12O4/c12-10(13)8-6-3-1-2-4(6)5(2)7(3)9(8)11(14)15/h2-9H,1H2,(H,12,13)(H,14,15)/t2?,3?,4-,5-,6-,7-,8-,9+/m0/s1. The van der Waals surface area contributed by atoms with E-state index >= 15 is 0 Å². The molecule has 80 valence electrons. The first-order valence-corrected chi connectivity index (χ1v) is 5.58. The van der Waals surface area contributed by atoms with Crippen LogP contribution in [0.5, 0.6) is 0 Å². The van der Waals surface area contributed by atoms with Crippen molar-refractivity contribution < 1.29 is 19.8 Å². The highest BCUT2D eigenvalue weighted by molar-refractivity contribution is 5.82. The first-order chi connectivity index (χ1) is 7.13. The molecular formula is C11H12O4. The van der Waals surface area contributed by atoms with Crippen LogP contribution in [-0.2, 0) is 9.59 Å². The van der Waals surface area contributed by atoms with Gasteiger partial charge in [-0.2, -0.15) is 0 Å². The Morgan fingerprint density at radius 3 is 1.53 bits per heavy atom. The third kappa shape index (κ3) is 0.647. The predicted octanol–water partition coefficient (Wildman–Crippen LogP) is 0.530. The predicted molar refractivity (Wildman–Crippen MR) is 47.8 cm³/mol. The quantitative estimate of drug-likeness (QED) is 0.694. The summed E-state index contributed by atoms with van der Waals surface area (Å²) in [6, 6.07) is 0. The Kier molecular flexibility index (Phi) is 1.12. The summed E-state index contributed by atoms with van der Waals surface area (Å²) in [5, 5.41) is 18.3. The van der Waals surface area contributed by atoms with Gasteiger partial charge in [-0.1, -0.05) is 0 Å². The third-order valence-corrected chi connectivity index (χ3v) is 5.50. The van der Waals surface area contributed by atoms with Crippen LogP contribution < -0.4 is 0 Å². The van der Waals surface area contributed by atoms with Crippen molar-refractivity contribution in [2.45, 2.75) is 6.42 Å². The molecule has 0 aromatic heterocycles. The fourth-order valence-corrected chi connectivity index (χ4v) is 5.41. The minimum Gasteiger partial charge on any atom is -0.481 e. The molecule has 15 heavy (non-hydrogen) atoms. The normalized spacial score (nSPS) is 62.1. The zero-order valence-corrected chi connectivity index (χ0v) is 8.04. The summed E-state index contributed by atoms with van der Waals surface area (Å²) >= 11 is 0. The fourth-order valence-electron chi connectivity index (χ4n) is 5.41. The average Bonchev–Trinajstić information content (AvgIpc) is 2.55. The van der Waals surface area contributed by atoms with Gasteiger partial charge >= 0.3 is 11.9 Å². The molecular weight excluding hydrogens is 196 g/mol. The maximum Gasteiger partial charge on any atom is 0.307 e. The molecule has 8 atom stereocenters. The number of carboxylic acid groups (broad SMARTS) is 2. The smallest absolute Gasteiger partial charge is 0.307 e. The van der Waals surface area contributed by atoms with Crippen LogP contribution in [0.3, 0.4) is 0 Å². The van der Waals surface area contributed by atoms with Gasteiger partial charge in [0.15, 0.2) is 0 Å². The van der Waals surface area contributed by atoms with Crippen molar-refractivity contribution in [3.63, 3.8) is 0 Å². The summed E-state index contributed by atoms with van der Waals surface area (Å²) in [5.41, 5.74) is 0. The molecule has 4 heteroatoms. The van der Waals surface area contributed by atoms with E-state index in [4.69, 9.17) is 10.2 Å². The van der Waals surface area contributed by atoms with Crippen molar-refractivity contribution in [2.75, 3.05) is 0 Å². The summed E-state index contributed by atoms with van der Waals surface area (Å²) in [7, 11) is 0. The minimum atomic E-state index is -0.883. The van der Waals surface area contributed by atoms with E-state index < -0.39 is 23.8 Å². The molecule has 2 unspecified atom stereocenters. The van der Waals surface area contributed by atoms with Crippen LogP contribution in [0, 0.1) is 47.3 Å². The molecule has 0 amide bonds. The van der Waals surface area contributed by atoms with Crippen LogP contribution in [0.25, 0.3) is 0 Å². The molecule has 6 bridgehead atoms. The Morgan fingerprint density at radius 1 is 0.800 bits per heavy atom. The molecule has 5 aliphatic rings. The molecule has 0 aliphatic heterocycles. The second-order valence-corrected chi connectivity index (χ2v) is 5.60. The summed E-state index contributed by atoms with van der Waals surface area (Å²) < 4.78 is 0. The third-order valence-electron chi connectivity index (χ3n) is 5.50. The summed E-state index contributed by atoms with van der Waals surface area (Å²) in [6.45, 7) is 0. The Hall–Kier alpha value is -1.06. The number of hydrogen-bond acceptors (Lipinski definition) is 2. The first-order valence-electron chi connectivity index (χ1n) is 5.58. The molecule has 4 nitrogen and oxygen atoms in total. The van der Waals surface area contributed by atoms with Gasteiger partial charge < -0.3 is 10.2 Å². The molecule has 5 fully saturated rings. The zero-order chi connectivity index (χ0) is 10.5. The highest BCUT2D eigenvalue weighted by Gasteiger charge is 2.82. The van der Waals surface area contributed by atoms with E-state index in [-0.39, 0.29) is 11.8 Å². The van der Waals surface area contributed by atoms with Gasteiger partial charge in [-0.05, 0) is 41.9 Å². The van der Waals surface area contributed by atoms with Gasteiger partial charge in [-0.15, -0.1) is 0 Å². The topological polar surface area (TPSA) is 74.6 Å². The highest BCUT2D eigenvalue weighted by Crippen LogP contribution is 2.83. The number of carboxylic acids is 2. The monoisotopic (exact) mass is 208 g/mol. The maximum absolute atomic E-state index is 11.2. The van der Waals surface area contributed by atoms with Gasteiger partial charge in [-0.25, -0.2) is 0 Å². The first kappa shape index (κ1) is 8.13. The molecule has 0 aromatic rings. The van der Waals surface area contributed by atoms with Crippen LogP contribution in [0.2, 0.25) is 0 Å². The number of rotatable bonds is 2. The van der Waals surface area contributed by atoms with E-state index in [0.29, 0.717) is 23.7 Å². The van der Waals surface area contributed by atoms with Crippen molar-refractivity contribution >= 4 is 11.9 Å². The molecule has 5 rings (SSSR count). The molecule has 0 radical (unpaired) electrons. The van der Waals surface area contributed by atoms with Crippen LogP contribution in [-0.4, -0.2) is 22.2 Å². The zero-order valence-electron chi connectivity index (χ0n) is 8.04. The van der Waals surface area contributed by atoms with Gasteiger partial charge in [0.05, 0.1) is 11.8 Å². The molecule has 0 saturated heterocycles. The molecule has 0 aromatic carbocycles. The lowest BCUT2D eigenvalue weighted by molar-refractivity contribution is -0.156. The van der Waals surface area contributed by atoms with Crippen LogP contribution >= 0.6 is 0 Å². The number of aliphatic carboxylic acids is 2. The van der Waals surface area contributed by atoms with Gasteiger partial charge in [-0.3, -0.25) is 9.59 Å². The van der Waals surface area contributed by atoms with Crippen molar-refractivity contribution in [2.24, 2.45) is 47.3 Å². The lowest BCUT2D eigenvalue weighted by Gasteiger charge is -2.23. The lowest BCUT2D eigenvalue weighted by atomic mass is 9.79. The van der Waals surface area contributed by atoms with E-state index in [1.54, 1.807) is 0 Å². The van der Waals surface area contributed by atoms with Gasteiger partial charge in [0.1, 0.15) is 0 Å². The van der Waals surface area contributed by atoms with Gasteiger partial charge in [0.2, 0.25) is 0 Å². The van der Waals surface area contributed by atoms with Gasteiger partial charge in [0, 0.05) is 0 Å². The Labute approximate surface area is 86.3 Å². The van der Waals surface area contributed by atoms with Crippen LogP contribution in [0.1, 0.15) is 6.42 Å². The van der Waals surface area contributed by atoms with Gasteiger partial charge in [0.25, 0.3) is 0 Å². The Balaban J connectivity index is 1.81. The second kappa shape index (κ2) is 2.06. The number of carbonyl (C=O) groups is 2. The van der Waals surface area contributed by atoms with Crippen molar-refractivity contribution in [1.29, 1.82) is 0 Å². The largest absolute Gasteiger partial charge is 0.481 e. The Bertz CT molecular complexity index is 356. The molecule has 5 saturated carbocycles. The van der Waals surface area contributed by atoms with E-state index in [0.717, 1.165) is 6.42 Å². The maximum atomic E-state index is 11.2. The molecule has 2 N–H and O–H groups in total. The molecule has 0 heterocycles. The van der Waals surface area contributed by atoms with E-state index in [1.165, 1.54) is 0 Å². The second-order valence-electron chi connectivity index (χ2n) is 5.60. The highest BCUT2D eigenvalue weighted by atomic mass is 16.4. The molecule has 5 aliphatic carbocycles. The Morgan fingerprint density at radius 2 is 1.20 bits per heavy atom. The van der Waals surface area contributed by atoms with E-state index in [9.17, 15) is 9.59 Å². The van der Waals surface area contributed by atoms with E-state index in [1.807, 2.05) is 0 Å². The summed E-state index contributed by atoms with van der Waals surface area (Å²) in [5.74, 6) is -0.279. The van der Waals surface area contributed by atoms with Crippen molar-refractivity contribution in [1.82, 2.24) is 0 Å².